The molecule has 3 aromatic carbocycles. The van der Waals surface area contributed by atoms with Crippen molar-refractivity contribution in [1.82, 2.24) is 5.32 Å². The number of methoxy groups -OCH3 is 1. The van der Waals surface area contributed by atoms with E-state index in [2.05, 4.69) is 15.4 Å². The zero-order valence-electron chi connectivity index (χ0n) is 24.1. The number of aliphatic hydroxyl groups is 1. The fraction of sp³-hybridized carbons (Fsp3) is 0.344. The van der Waals surface area contributed by atoms with Crippen LogP contribution in [0.2, 0.25) is 0 Å². The molecular formula is C32H34F3N3O5S. The first-order valence-electron chi connectivity index (χ1n) is 14.2. The van der Waals surface area contributed by atoms with Crippen molar-refractivity contribution >= 4 is 41.0 Å². The van der Waals surface area contributed by atoms with Gasteiger partial charge < -0.3 is 20.5 Å². The van der Waals surface area contributed by atoms with Gasteiger partial charge in [-0.25, -0.2) is 9.59 Å². The van der Waals surface area contributed by atoms with Gasteiger partial charge in [-0.05, 0) is 90.2 Å². The van der Waals surface area contributed by atoms with Crippen LogP contribution in [-0.4, -0.2) is 48.3 Å². The van der Waals surface area contributed by atoms with Crippen molar-refractivity contribution in [2.24, 2.45) is 0 Å². The molecule has 0 spiro atoms. The second kappa shape index (κ2) is 15.1. The van der Waals surface area contributed by atoms with Gasteiger partial charge in [0.2, 0.25) is 0 Å². The number of amides is 3. The number of carbonyl (C=O) groups excluding carboxylic acids is 3. The number of urea groups is 1. The molecule has 0 heterocycles. The van der Waals surface area contributed by atoms with Crippen LogP contribution >= 0.6 is 11.8 Å². The van der Waals surface area contributed by atoms with E-state index in [4.69, 9.17) is 0 Å². The summed E-state index contributed by atoms with van der Waals surface area (Å²) in [5.74, 6) is -0.873. The SMILES string of the molecule is COC(=O)C(O)CNC(=O)c1ccc(CN(C(=O)Nc2ccc(SC(F)(F)F)cc2)c2ccc(C3CCCCC3)cc2)cc1. The number of halogens is 3. The van der Waals surface area contributed by atoms with Crippen molar-refractivity contribution in [3.05, 3.63) is 89.5 Å². The maximum Gasteiger partial charge on any atom is 0.446 e. The highest BCUT2D eigenvalue weighted by atomic mass is 32.2. The van der Waals surface area contributed by atoms with Crippen molar-refractivity contribution in [1.29, 1.82) is 0 Å². The minimum Gasteiger partial charge on any atom is -0.467 e. The Balaban J connectivity index is 1.49. The van der Waals surface area contributed by atoms with Gasteiger partial charge in [0.1, 0.15) is 0 Å². The molecule has 0 saturated heterocycles. The number of nitrogens with zero attached hydrogens (tertiary/aromatic N) is 1. The largest absolute Gasteiger partial charge is 0.467 e. The highest BCUT2D eigenvalue weighted by Crippen LogP contribution is 2.37. The van der Waals surface area contributed by atoms with E-state index in [-0.39, 0.29) is 35.3 Å². The van der Waals surface area contributed by atoms with E-state index in [1.54, 1.807) is 24.3 Å². The molecule has 1 aliphatic rings. The van der Waals surface area contributed by atoms with Crippen LogP contribution in [0, 0.1) is 0 Å². The molecule has 1 aliphatic carbocycles. The van der Waals surface area contributed by atoms with Gasteiger partial charge in [0, 0.05) is 21.8 Å². The Labute approximate surface area is 258 Å². The number of esters is 1. The third-order valence-electron chi connectivity index (χ3n) is 7.35. The van der Waals surface area contributed by atoms with Crippen LogP contribution in [0.5, 0.6) is 0 Å². The fourth-order valence-corrected chi connectivity index (χ4v) is 5.57. The number of hydrogen-bond donors (Lipinski definition) is 3. The van der Waals surface area contributed by atoms with Crippen LogP contribution < -0.4 is 15.5 Å². The highest BCUT2D eigenvalue weighted by Gasteiger charge is 2.29. The van der Waals surface area contributed by atoms with E-state index in [1.165, 1.54) is 54.0 Å². The van der Waals surface area contributed by atoms with Crippen molar-refractivity contribution in [3.63, 3.8) is 0 Å². The lowest BCUT2D eigenvalue weighted by Gasteiger charge is -2.26. The number of benzene rings is 3. The normalized spacial score (nSPS) is 14.4. The van der Waals surface area contributed by atoms with E-state index in [1.807, 2.05) is 24.3 Å². The average Bonchev–Trinajstić information content (AvgIpc) is 3.03. The van der Waals surface area contributed by atoms with Gasteiger partial charge in [-0.2, -0.15) is 13.2 Å². The number of thioether (sulfide) groups is 1. The van der Waals surface area contributed by atoms with E-state index in [0.717, 1.165) is 20.0 Å². The molecule has 8 nitrogen and oxygen atoms in total. The molecule has 1 fully saturated rings. The monoisotopic (exact) mass is 629 g/mol. The molecule has 4 rings (SSSR count). The Morgan fingerprint density at radius 1 is 0.955 bits per heavy atom. The van der Waals surface area contributed by atoms with Gasteiger partial charge in [-0.15, -0.1) is 0 Å². The van der Waals surface area contributed by atoms with Crippen molar-refractivity contribution in [3.8, 4) is 0 Å². The number of carbonyl (C=O) groups is 3. The summed E-state index contributed by atoms with van der Waals surface area (Å²) in [7, 11) is 1.13. The Bertz CT molecular complexity index is 1410. The molecule has 0 aliphatic heterocycles. The predicted octanol–water partition coefficient (Wildman–Crippen LogP) is 6.85. The lowest BCUT2D eigenvalue weighted by molar-refractivity contribution is -0.149. The minimum atomic E-state index is -4.41. The summed E-state index contributed by atoms with van der Waals surface area (Å²) in [5.41, 5.74) is -1.22. The molecule has 0 bridgehead atoms. The summed E-state index contributed by atoms with van der Waals surface area (Å²) in [6, 6.07) is 19.3. The van der Waals surface area contributed by atoms with Crippen LogP contribution in [0.3, 0.4) is 0 Å². The van der Waals surface area contributed by atoms with Crippen LogP contribution in [0.25, 0.3) is 0 Å². The quantitative estimate of drug-likeness (QED) is 0.167. The lowest BCUT2D eigenvalue weighted by atomic mass is 9.84. The molecule has 44 heavy (non-hydrogen) atoms. The maximum absolute atomic E-state index is 13.5. The molecule has 3 N–H and O–H groups in total. The number of rotatable bonds is 10. The lowest BCUT2D eigenvalue weighted by Crippen LogP contribution is -2.37. The number of alkyl halides is 3. The van der Waals surface area contributed by atoms with Crippen LogP contribution in [0.15, 0.2) is 77.7 Å². The second-order valence-corrected chi connectivity index (χ2v) is 11.6. The molecule has 3 aromatic rings. The smallest absolute Gasteiger partial charge is 0.446 e. The molecule has 0 radical (unpaired) electrons. The minimum absolute atomic E-state index is 0.00888. The third-order valence-corrected chi connectivity index (χ3v) is 8.09. The summed E-state index contributed by atoms with van der Waals surface area (Å²) >= 11 is -0.229. The standard InChI is InChI=1S/C32H34F3N3O5S/c1-43-30(41)28(39)19-36-29(40)24-9-7-21(8-10-24)20-38(26-15-11-23(12-16-26)22-5-3-2-4-6-22)31(42)37-25-13-17-27(18-14-25)44-32(33,34)35/h7-18,22,28,39H,2-6,19-20H2,1H3,(H,36,40)(H,37,42). The zero-order valence-corrected chi connectivity index (χ0v) is 24.9. The molecular weight excluding hydrogens is 595 g/mol. The Kier molecular flexibility index (Phi) is 11.3. The highest BCUT2D eigenvalue weighted by molar-refractivity contribution is 8.00. The summed E-state index contributed by atoms with van der Waals surface area (Å²) in [6.45, 7) is -0.173. The third kappa shape index (κ3) is 9.48. The average molecular weight is 630 g/mol. The van der Waals surface area contributed by atoms with Gasteiger partial charge in [0.25, 0.3) is 5.91 Å². The van der Waals surface area contributed by atoms with Gasteiger partial charge in [0.15, 0.2) is 6.10 Å². The van der Waals surface area contributed by atoms with Gasteiger partial charge >= 0.3 is 17.5 Å². The zero-order chi connectivity index (χ0) is 31.7. The summed E-state index contributed by atoms with van der Waals surface area (Å²) in [4.78, 5) is 38.9. The first-order chi connectivity index (χ1) is 21.0. The molecule has 1 saturated carbocycles. The summed E-state index contributed by atoms with van der Waals surface area (Å²) in [6.07, 6.45) is 4.41. The summed E-state index contributed by atoms with van der Waals surface area (Å²) < 4.78 is 42.6. The van der Waals surface area contributed by atoms with Gasteiger partial charge in [-0.1, -0.05) is 43.5 Å². The van der Waals surface area contributed by atoms with Gasteiger partial charge in [-0.3, -0.25) is 9.69 Å². The number of ether oxygens (including phenoxy) is 1. The molecule has 1 atom stereocenters. The van der Waals surface area contributed by atoms with E-state index in [0.29, 0.717) is 22.9 Å². The van der Waals surface area contributed by atoms with E-state index >= 15 is 0 Å². The maximum atomic E-state index is 13.5. The van der Waals surface area contributed by atoms with E-state index in [9.17, 15) is 32.7 Å². The topological polar surface area (TPSA) is 108 Å². The number of hydrogen-bond acceptors (Lipinski definition) is 6. The first-order valence-corrected chi connectivity index (χ1v) is 15.0. The fourth-order valence-electron chi connectivity index (χ4n) is 5.03. The van der Waals surface area contributed by atoms with E-state index < -0.39 is 29.5 Å². The number of nitrogens with one attached hydrogen (secondary N) is 2. The van der Waals surface area contributed by atoms with Crippen molar-refractivity contribution < 1.29 is 37.4 Å². The van der Waals surface area contributed by atoms with Crippen LogP contribution in [0.1, 0.15) is 59.5 Å². The Hall–Kier alpha value is -4.03. The molecule has 0 aromatic heterocycles. The van der Waals surface area contributed by atoms with Crippen LogP contribution in [-0.2, 0) is 16.1 Å². The second-order valence-electron chi connectivity index (χ2n) is 10.5. The summed E-state index contributed by atoms with van der Waals surface area (Å²) in [5, 5.41) is 14.9. The molecule has 1 unspecified atom stereocenters. The number of aliphatic hydroxyl groups excluding tert-OH is 1. The van der Waals surface area contributed by atoms with Crippen molar-refractivity contribution in [2.75, 3.05) is 23.9 Å². The first kappa shape index (κ1) is 32.9. The van der Waals surface area contributed by atoms with Gasteiger partial charge in [0.05, 0.1) is 20.2 Å². The predicted molar refractivity (Wildman–Crippen MR) is 163 cm³/mol. The van der Waals surface area contributed by atoms with Crippen LogP contribution in [0.4, 0.5) is 29.3 Å². The molecule has 234 valence electrons. The molecule has 3 amide bonds. The van der Waals surface area contributed by atoms with Crippen molar-refractivity contribution in [2.45, 2.75) is 61.1 Å². The Morgan fingerprint density at radius 3 is 2.18 bits per heavy atom. The molecule has 12 heteroatoms. The Morgan fingerprint density at radius 2 is 1.59 bits per heavy atom. The number of anilines is 2.